The maximum atomic E-state index is 5.37. The van der Waals surface area contributed by atoms with Crippen LogP contribution in [0.3, 0.4) is 0 Å². The number of benzene rings is 1. The fourth-order valence-corrected chi connectivity index (χ4v) is 2.21. The van der Waals surface area contributed by atoms with Gasteiger partial charge in [-0.05, 0) is 56.3 Å². The van der Waals surface area contributed by atoms with Crippen LogP contribution in [0.5, 0.6) is 5.75 Å². The van der Waals surface area contributed by atoms with Crippen molar-refractivity contribution in [2.45, 2.75) is 39.2 Å². The molecule has 0 saturated heterocycles. The average molecular weight is 219 g/mol. The zero-order valence-corrected chi connectivity index (χ0v) is 10.5. The molecule has 1 aromatic rings. The zero-order valence-electron chi connectivity index (χ0n) is 10.5. The van der Waals surface area contributed by atoms with Crippen molar-refractivity contribution in [2.24, 2.45) is 0 Å². The minimum absolute atomic E-state index is 0.806. The quantitative estimate of drug-likeness (QED) is 0.822. The second kappa shape index (κ2) is 4.88. The van der Waals surface area contributed by atoms with E-state index in [1.54, 1.807) is 7.11 Å². The van der Waals surface area contributed by atoms with Crippen molar-refractivity contribution in [3.05, 3.63) is 28.8 Å². The molecule has 88 valence electrons. The third-order valence-corrected chi connectivity index (χ3v) is 3.15. The van der Waals surface area contributed by atoms with Crippen LogP contribution < -0.4 is 10.1 Å². The van der Waals surface area contributed by atoms with E-state index in [4.69, 9.17) is 4.74 Å². The first kappa shape index (κ1) is 11.5. The van der Waals surface area contributed by atoms with Crippen LogP contribution in [-0.4, -0.2) is 19.7 Å². The summed E-state index contributed by atoms with van der Waals surface area (Å²) in [6.45, 7) is 5.32. The summed E-state index contributed by atoms with van der Waals surface area (Å²) >= 11 is 0. The summed E-state index contributed by atoms with van der Waals surface area (Å²) < 4.78 is 5.37. The number of hydrogen-bond donors (Lipinski definition) is 1. The van der Waals surface area contributed by atoms with E-state index in [1.165, 1.54) is 29.5 Å². The lowest BCUT2D eigenvalue weighted by Gasteiger charge is -2.11. The van der Waals surface area contributed by atoms with Crippen molar-refractivity contribution >= 4 is 0 Å². The molecule has 0 aliphatic heterocycles. The highest BCUT2D eigenvalue weighted by molar-refractivity contribution is 5.43. The topological polar surface area (TPSA) is 21.3 Å². The van der Waals surface area contributed by atoms with Gasteiger partial charge in [0.05, 0.1) is 7.11 Å². The van der Waals surface area contributed by atoms with Gasteiger partial charge in [0.25, 0.3) is 0 Å². The van der Waals surface area contributed by atoms with E-state index in [2.05, 4.69) is 31.3 Å². The molecule has 1 aliphatic rings. The van der Waals surface area contributed by atoms with E-state index in [1.807, 2.05) is 0 Å². The molecule has 1 saturated carbocycles. The number of rotatable bonds is 5. The van der Waals surface area contributed by atoms with E-state index >= 15 is 0 Å². The standard InChI is InChI=1S/C14H21NO/c1-10-8-12(6-7-15-13-4-5-13)9-11(2)14(10)16-3/h8-9,13,15H,4-7H2,1-3H3. The normalized spacial score (nSPS) is 15.2. The Morgan fingerprint density at radius 1 is 1.25 bits per heavy atom. The number of hydrogen-bond acceptors (Lipinski definition) is 2. The molecular weight excluding hydrogens is 198 g/mol. The lowest BCUT2D eigenvalue weighted by atomic mass is 10.0. The molecule has 0 amide bonds. The van der Waals surface area contributed by atoms with Gasteiger partial charge in [0.15, 0.2) is 0 Å². The third-order valence-electron chi connectivity index (χ3n) is 3.15. The Labute approximate surface area is 98.0 Å². The predicted octanol–water partition coefficient (Wildman–Crippen LogP) is 2.61. The van der Waals surface area contributed by atoms with Crippen LogP contribution in [0.4, 0.5) is 0 Å². The highest BCUT2D eigenvalue weighted by Crippen LogP contribution is 2.24. The van der Waals surface area contributed by atoms with Crippen molar-refractivity contribution in [3.63, 3.8) is 0 Å². The molecule has 0 aromatic heterocycles. The summed E-state index contributed by atoms with van der Waals surface area (Å²) in [4.78, 5) is 0. The van der Waals surface area contributed by atoms with Gasteiger partial charge < -0.3 is 10.1 Å². The van der Waals surface area contributed by atoms with E-state index in [0.29, 0.717) is 0 Å². The molecule has 1 fully saturated rings. The van der Waals surface area contributed by atoms with Crippen molar-refractivity contribution < 1.29 is 4.74 Å². The van der Waals surface area contributed by atoms with E-state index in [9.17, 15) is 0 Å². The van der Waals surface area contributed by atoms with Crippen LogP contribution in [-0.2, 0) is 6.42 Å². The minimum atomic E-state index is 0.806. The van der Waals surface area contributed by atoms with Gasteiger partial charge in [-0.3, -0.25) is 0 Å². The summed E-state index contributed by atoms with van der Waals surface area (Å²) in [6.07, 6.45) is 3.84. The molecule has 0 unspecified atom stereocenters. The fourth-order valence-electron chi connectivity index (χ4n) is 2.21. The molecule has 1 aromatic carbocycles. The summed E-state index contributed by atoms with van der Waals surface area (Å²) in [5.41, 5.74) is 3.89. The monoisotopic (exact) mass is 219 g/mol. The number of aryl methyl sites for hydroxylation is 2. The lowest BCUT2D eigenvalue weighted by molar-refractivity contribution is 0.408. The van der Waals surface area contributed by atoms with Crippen LogP contribution in [0.15, 0.2) is 12.1 Å². The number of nitrogens with one attached hydrogen (secondary N) is 1. The maximum absolute atomic E-state index is 5.37. The van der Waals surface area contributed by atoms with Gasteiger partial charge in [-0.15, -0.1) is 0 Å². The van der Waals surface area contributed by atoms with Crippen molar-refractivity contribution in [2.75, 3.05) is 13.7 Å². The van der Waals surface area contributed by atoms with E-state index < -0.39 is 0 Å². The molecule has 0 heterocycles. The molecule has 1 aliphatic carbocycles. The van der Waals surface area contributed by atoms with Crippen LogP contribution in [0.25, 0.3) is 0 Å². The molecule has 2 nitrogen and oxygen atoms in total. The predicted molar refractivity (Wildman–Crippen MR) is 67.2 cm³/mol. The van der Waals surface area contributed by atoms with Crippen molar-refractivity contribution in [3.8, 4) is 5.75 Å². The summed E-state index contributed by atoms with van der Waals surface area (Å²) in [6, 6.07) is 5.28. The minimum Gasteiger partial charge on any atom is -0.496 e. The fraction of sp³-hybridized carbons (Fsp3) is 0.571. The first-order valence-electron chi connectivity index (χ1n) is 6.08. The van der Waals surface area contributed by atoms with Crippen LogP contribution in [0, 0.1) is 13.8 Å². The first-order valence-corrected chi connectivity index (χ1v) is 6.08. The molecule has 1 N–H and O–H groups in total. The van der Waals surface area contributed by atoms with Gasteiger partial charge in [0.2, 0.25) is 0 Å². The maximum Gasteiger partial charge on any atom is 0.124 e. The Hall–Kier alpha value is -1.02. The third kappa shape index (κ3) is 2.76. The smallest absolute Gasteiger partial charge is 0.124 e. The van der Waals surface area contributed by atoms with Gasteiger partial charge in [-0.2, -0.15) is 0 Å². The summed E-state index contributed by atoms with van der Waals surface area (Å²) in [7, 11) is 1.74. The molecule has 0 spiro atoms. The van der Waals surface area contributed by atoms with Gasteiger partial charge in [-0.1, -0.05) is 12.1 Å². The number of ether oxygens (including phenoxy) is 1. The summed E-state index contributed by atoms with van der Waals surface area (Å²) in [5.74, 6) is 1.03. The van der Waals surface area contributed by atoms with Crippen molar-refractivity contribution in [1.29, 1.82) is 0 Å². The molecule has 0 radical (unpaired) electrons. The molecule has 16 heavy (non-hydrogen) atoms. The van der Waals surface area contributed by atoms with Gasteiger partial charge in [0.1, 0.15) is 5.75 Å². The highest BCUT2D eigenvalue weighted by atomic mass is 16.5. The zero-order chi connectivity index (χ0) is 11.5. The SMILES string of the molecule is COc1c(C)cc(CCNC2CC2)cc1C. The second-order valence-corrected chi connectivity index (χ2v) is 4.74. The Balaban J connectivity index is 1.97. The van der Waals surface area contributed by atoms with Gasteiger partial charge in [0, 0.05) is 6.04 Å². The van der Waals surface area contributed by atoms with E-state index in [-0.39, 0.29) is 0 Å². The van der Waals surface area contributed by atoms with Gasteiger partial charge in [-0.25, -0.2) is 0 Å². The average Bonchev–Trinajstić information content (AvgIpc) is 3.01. The lowest BCUT2D eigenvalue weighted by Crippen LogP contribution is -2.19. The van der Waals surface area contributed by atoms with Crippen LogP contribution >= 0.6 is 0 Å². The Morgan fingerprint density at radius 2 is 1.88 bits per heavy atom. The Morgan fingerprint density at radius 3 is 2.38 bits per heavy atom. The Bertz CT molecular complexity index is 346. The highest BCUT2D eigenvalue weighted by Gasteiger charge is 2.19. The number of methoxy groups -OCH3 is 1. The van der Waals surface area contributed by atoms with Gasteiger partial charge >= 0.3 is 0 Å². The second-order valence-electron chi connectivity index (χ2n) is 4.74. The molecule has 0 atom stereocenters. The van der Waals surface area contributed by atoms with Crippen LogP contribution in [0.1, 0.15) is 29.5 Å². The first-order chi connectivity index (χ1) is 7.70. The molecule has 0 bridgehead atoms. The molecule has 2 rings (SSSR count). The molecule has 2 heteroatoms. The summed E-state index contributed by atoms with van der Waals surface area (Å²) in [5, 5.41) is 3.54. The van der Waals surface area contributed by atoms with Crippen molar-refractivity contribution in [1.82, 2.24) is 5.32 Å². The Kier molecular flexibility index (Phi) is 3.49. The molecular formula is C14H21NO. The largest absolute Gasteiger partial charge is 0.496 e. The van der Waals surface area contributed by atoms with E-state index in [0.717, 1.165) is 24.8 Å². The van der Waals surface area contributed by atoms with Crippen LogP contribution in [0.2, 0.25) is 0 Å².